The van der Waals surface area contributed by atoms with Gasteiger partial charge in [0.15, 0.2) is 5.82 Å². The van der Waals surface area contributed by atoms with Gasteiger partial charge in [-0.15, -0.1) is 0 Å². The van der Waals surface area contributed by atoms with E-state index in [9.17, 15) is 0 Å². The van der Waals surface area contributed by atoms with Gasteiger partial charge < -0.3 is 13.7 Å². The van der Waals surface area contributed by atoms with E-state index >= 15 is 0 Å². The van der Waals surface area contributed by atoms with Gasteiger partial charge in [0.1, 0.15) is 0 Å². The second kappa shape index (κ2) is 16.6. The number of aromatic nitrogens is 5. The second-order valence-corrected chi connectivity index (χ2v) is 19.7. The standard InChI is InChI=1S/C68H49N5/c1-42-21-25-47(26-22-42)59-41-60(70-68(69-59)49-27-23-43(2)24-28-49)48-31-29-46(30-32-48)50-37-44(3)67(45(4)38-50)73-65-35-33-51(71-61-17-9-5-13-53(61)54-14-6-10-18-62(54)71)39-57(65)58-40-52(34-36-66(58)73)72-63-19-11-7-15-55(63)56-16-8-12-20-64(56)72/h5-41H,1-4H3. The van der Waals surface area contributed by atoms with Crippen molar-refractivity contribution in [3.63, 3.8) is 0 Å². The van der Waals surface area contributed by atoms with Crippen LogP contribution >= 0.6 is 0 Å². The first-order valence-corrected chi connectivity index (χ1v) is 25.1. The molecule has 5 heteroatoms. The highest BCUT2D eigenvalue weighted by atomic mass is 15.0. The van der Waals surface area contributed by atoms with Gasteiger partial charge >= 0.3 is 0 Å². The van der Waals surface area contributed by atoms with Crippen LogP contribution in [0.2, 0.25) is 0 Å². The maximum Gasteiger partial charge on any atom is 0.160 e. The predicted octanol–water partition coefficient (Wildman–Crippen LogP) is 17.7. The molecule has 0 spiro atoms. The third kappa shape index (κ3) is 6.92. The van der Waals surface area contributed by atoms with Gasteiger partial charge in [0.05, 0.1) is 50.2 Å². The average molecular weight is 936 g/mol. The number of fused-ring (bicyclic) bond motifs is 9. The SMILES string of the molecule is Cc1ccc(-c2cc(-c3ccc(-c4cc(C)c(-n5c6ccc(-n7c8ccccc8c8ccccc87)cc6c6cc(-n7c8ccccc8c8ccccc87)ccc65)c(C)c4)cc3)nc(-c3ccc(C)cc3)n2)cc1. The van der Waals surface area contributed by atoms with E-state index in [1.807, 2.05) is 0 Å². The van der Waals surface area contributed by atoms with Gasteiger partial charge in [-0.3, -0.25) is 0 Å². The summed E-state index contributed by atoms with van der Waals surface area (Å²) in [5.41, 5.74) is 22.7. The van der Waals surface area contributed by atoms with E-state index in [4.69, 9.17) is 9.97 Å². The van der Waals surface area contributed by atoms with Gasteiger partial charge in [0, 0.05) is 60.4 Å². The summed E-state index contributed by atoms with van der Waals surface area (Å²) in [6, 6.07) is 81.9. The van der Waals surface area contributed by atoms with Crippen LogP contribution < -0.4 is 0 Å². The minimum Gasteiger partial charge on any atom is -0.309 e. The lowest BCUT2D eigenvalue weighted by molar-refractivity contribution is 1.12. The Morgan fingerprint density at radius 3 is 1.05 bits per heavy atom. The van der Waals surface area contributed by atoms with Crippen LogP contribution in [-0.4, -0.2) is 23.7 Å². The van der Waals surface area contributed by atoms with Gasteiger partial charge in [0.2, 0.25) is 0 Å². The molecule has 14 aromatic rings. The third-order valence-corrected chi connectivity index (χ3v) is 15.0. The van der Waals surface area contributed by atoms with Crippen molar-refractivity contribution in [1.29, 1.82) is 0 Å². The van der Waals surface area contributed by atoms with Crippen molar-refractivity contribution in [3.8, 4) is 62.1 Å². The molecule has 14 rings (SSSR count). The fourth-order valence-corrected chi connectivity index (χ4v) is 11.5. The van der Waals surface area contributed by atoms with Gasteiger partial charge in [0.25, 0.3) is 0 Å². The molecular weight excluding hydrogens is 887 g/mol. The Kier molecular flexibility index (Phi) is 9.70. The molecule has 0 saturated carbocycles. The maximum absolute atomic E-state index is 5.14. The zero-order valence-corrected chi connectivity index (χ0v) is 41.1. The highest BCUT2D eigenvalue weighted by Gasteiger charge is 2.21. The minimum absolute atomic E-state index is 0.718. The van der Waals surface area contributed by atoms with Gasteiger partial charge in [-0.1, -0.05) is 157 Å². The normalized spacial score (nSPS) is 11.8. The third-order valence-electron chi connectivity index (χ3n) is 15.0. The van der Waals surface area contributed by atoms with E-state index in [1.165, 1.54) is 98.9 Å². The molecule has 0 unspecified atom stereocenters. The quantitative estimate of drug-likeness (QED) is 0.160. The number of hydrogen-bond acceptors (Lipinski definition) is 2. The van der Waals surface area contributed by atoms with E-state index in [1.54, 1.807) is 0 Å². The van der Waals surface area contributed by atoms with Crippen LogP contribution in [0, 0.1) is 27.7 Å². The predicted molar refractivity (Wildman–Crippen MR) is 306 cm³/mol. The molecule has 73 heavy (non-hydrogen) atoms. The molecule has 0 amide bonds. The first kappa shape index (κ1) is 42.5. The zero-order valence-electron chi connectivity index (χ0n) is 41.1. The summed E-state index contributed by atoms with van der Waals surface area (Å²) in [5, 5.41) is 7.42. The number of hydrogen-bond donors (Lipinski definition) is 0. The fourth-order valence-electron chi connectivity index (χ4n) is 11.5. The summed E-state index contributed by atoms with van der Waals surface area (Å²) in [7, 11) is 0. The first-order chi connectivity index (χ1) is 35.8. The molecular formula is C68H49N5. The molecule has 0 aliphatic carbocycles. The number of aryl methyl sites for hydroxylation is 4. The molecule has 0 aliphatic heterocycles. The topological polar surface area (TPSA) is 40.6 Å². The number of nitrogens with zero attached hydrogens (tertiary/aromatic N) is 5. The Bertz CT molecular complexity index is 4140. The summed E-state index contributed by atoms with van der Waals surface area (Å²) in [6.07, 6.45) is 0. The Balaban J connectivity index is 0.910. The highest BCUT2D eigenvalue weighted by molar-refractivity contribution is 6.14. The van der Waals surface area contributed by atoms with Crippen LogP contribution in [0.4, 0.5) is 0 Å². The molecule has 0 bridgehead atoms. The average Bonchev–Trinajstić information content (AvgIpc) is 4.07. The molecule has 10 aromatic carbocycles. The van der Waals surface area contributed by atoms with E-state index in [0.717, 1.165) is 50.8 Å². The molecule has 0 fully saturated rings. The number of benzene rings is 10. The molecule has 346 valence electrons. The first-order valence-electron chi connectivity index (χ1n) is 25.1. The van der Waals surface area contributed by atoms with E-state index in [2.05, 4.69) is 266 Å². The lowest BCUT2D eigenvalue weighted by atomic mass is 9.97. The van der Waals surface area contributed by atoms with Crippen LogP contribution in [0.1, 0.15) is 22.3 Å². The van der Waals surface area contributed by atoms with Crippen molar-refractivity contribution in [2.45, 2.75) is 27.7 Å². The molecule has 0 atom stereocenters. The molecule has 0 N–H and O–H groups in total. The van der Waals surface area contributed by atoms with E-state index < -0.39 is 0 Å². The van der Waals surface area contributed by atoms with Crippen molar-refractivity contribution in [2.24, 2.45) is 0 Å². The van der Waals surface area contributed by atoms with Crippen LogP contribution in [0.25, 0.3) is 128 Å². The Labute approximate surface area is 423 Å². The number of rotatable bonds is 7. The molecule has 5 nitrogen and oxygen atoms in total. The van der Waals surface area contributed by atoms with Crippen molar-refractivity contribution < 1.29 is 0 Å². The molecule has 0 radical (unpaired) electrons. The van der Waals surface area contributed by atoms with Crippen molar-refractivity contribution in [2.75, 3.05) is 0 Å². The lowest BCUT2D eigenvalue weighted by Gasteiger charge is -2.17. The van der Waals surface area contributed by atoms with Crippen LogP contribution in [-0.2, 0) is 0 Å². The smallest absolute Gasteiger partial charge is 0.160 e. The van der Waals surface area contributed by atoms with Crippen LogP contribution in [0.3, 0.4) is 0 Å². The molecule has 0 aliphatic rings. The van der Waals surface area contributed by atoms with Gasteiger partial charge in [-0.05, 0) is 129 Å². The Hall–Kier alpha value is -9.32. The van der Waals surface area contributed by atoms with E-state index in [-0.39, 0.29) is 0 Å². The Morgan fingerprint density at radius 1 is 0.274 bits per heavy atom. The minimum atomic E-state index is 0.718. The van der Waals surface area contributed by atoms with Crippen LogP contribution in [0.5, 0.6) is 0 Å². The maximum atomic E-state index is 5.14. The summed E-state index contributed by atoms with van der Waals surface area (Å²) in [5.74, 6) is 0.718. The Morgan fingerprint density at radius 2 is 0.630 bits per heavy atom. The van der Waals surface area contributed by atoms with Crippen molar-refractivity contribution >= 4 is 65.4 Å². The summed E-state index contributed by atoms with van der Waals surface area (Å²) in [4.78, 5) is 10.2. The number of para-hydroxylation sites is 4. The summed E-state index contributed by atoms with van der Waals surface area (Å²) >= 11 is 0. The fraction of sp³-hybridized carbons (Fsp3) is 0.0588. The molecule has 4 heterocycles. The lowest BCUT2D eigenvalue weighted by Crippen LogP contribution is -2.01. The van der Waals surface area contributed by atoms with Crippen LogP contribution in [0.15, 0.2) is 224 Å². The second-order valence-electron chi connectivity index (χ2n) is 19.7. The highest BCUT2D eigenvalue weighted by Crippen LogP contribution is 2.41. The molecule has 0 saturated heterocycles. The molecule has 4 aromatic heterocycles. The van der Waals surface area contributed by atoms with Gasteiger partial charge in [-0.2, -0.15) is 0 Å². The van der Waals surface area contributed by atoms with Crippen molar-refractivity contribution in [1.82, 2.24) is 23.7 Å². The summed E-state index contributed by atoms with van der Waals surface area (Å²) in [6.45, 7) is 8.74. The van der Waals surface area contributed by atoms with Crippen molar-refractivity contribution in [3.05, 3.63) is 247 Å². The van der Waals surface area contributed by atoms with Gasteiger partial charge in [-0.25, -0.2) is 9.97 Å². The largest absolute Gasteiger partial charge is 0.309 e. The summed E-state index contributed by atoms with van der Waals surface area (Å²) < 4.78 is 7.36. The zero-order chi connectivity index (χ0) is 48.9. The monoisotopic (exact) mass is 935 g/mol. The van der Waals surface area contributed by atoms with E-state index in [0.29, 0.717) is 0 Å².